The Morgan fingerprint density at radius 3 is 2.62 bits per heavy atom. The number of thioether (sulfide) groups is 1. The van der Waals surface area contributed by atoms with Gasteiger partial charge in [0.05, 0.1) is 16.1 Å². The molecule has 0 spiro atoms. The second-order valence-electron chi connectivity index (χ2n) is 11.9. The van der Waals surface area contributed by atoms with Gasteiger partial charge in [0.25, 0.3) is 0 Å². The SMILES string of the molecule is CC(=O)O[C@H]1CCC2C3C(CC[C@@]21C)c1ccc(O)cc1C[C@H]3CCCCCCCCCSC(N)=NBr. The van der Waals surface area contributed by atoms with Gasteiger partial charge in [-0.3, -0.25) is 4.79 Å². The Kier molecular flexibility index (Phi) is 10.3. The smallest absolute Gasteiger partial charge is 0.302 e. The first-order chi connectivity index (χ1) is 17.8. The van der Waals surface area contributed by atoms with Gasteiger partial charge in [0, 0.05) is 18.1 Å². The van der Waals surface area contributed by atoms with Gasteiger partial charge >= 0.3 is 5.97 Å². The molecular formula is C30H45BrN2O3S. The molecule has 206 valence electrons. The van der Waals surface area contributed by atoms with Crippen molar-refractivity contribution in [2.45, 2.75) is 109 Å². The van der Waals surface area contributed by atoms with Gasteiger partial charge in [0.2, 0.25) is 0 Å². The summed E-state index contributed by atoms with van der Waals surface area (Å²) in [4.78, 5) is 11.8. The van der Waals surface area contributed by atoms with Crippen molar-refractivity contribution in [1.82, 2.24) is 0 Å². The zero-order valence-corrected chi connectivity index (χ0v) is 25.0. The third-order valence-corrected chi connectivity index (χ3v) is 11.2. The van der Waals surface area contributed by atoms with E-state index in [1.165, 1.54) is 68.9 Å². The van der Waals surface area contributed by atoms with E-state index in [9.17, 15) is 9.90 Å². The van der Waals surface area contributed by atoms with Gasteiger partial charge in [-0.25, -0.2) is 0 Å². The zero-order valence-electron chi connectivity index (χ0n) is 22.6. The molecule has 0 amide bonds. The van der Waals surface area contributed by atoms with Gasteiger partial charge < -0.3 is 15.6 Å². The molecule has 0 saturated heterocycles. The number of carbonyl (C=O) groups is 1. The zero-order chi connectivity index (χ0) is 26.4. The summed E-state index contributed by atoms with van der Waals surface area (Å²) in [5.74, 6) is 3.80. The average Bonchev–Trinajstić information content (AvgIpc) is 3.19. The molecule has 0 bridgehead atoms. The first-order valence-electron chi connectivity index (χ1n) is 14.4. The molecule has 0 radical (unpaired) electrons. The number of unbranched alkanes of at least 4 members (excludes halogenated alkanes) is 6. The molecule has 4 rings (SSSR count). The number of benzene rings is 1. The van der Waals surface area contributed by atoms with Gasteiger partial charge in [-0.2, -0.15) is 4.02 Å². The van der Waals surface area contributed by atoms with Crippen LogP contribution in [0.3, 0.4) is 0 Å². The van der Waals surface area contributed by atoms with E-state index in [0.29, 0.717) is 34.6 Å². The lowest BCUT2D eigenvalue weighted by molar-refractivity contribution is -0.155. The van der Waals surface area contributed by atoms with Crippen LogP contribution in [0.4, 0.5) is 0 Å². The summed E-state index contributed by atoms with van der Waals surface area (Å²) in [5.41, 5.74) is 8.64. The summed E-state index contributed by atoms with van der Waals surface area (Å²) in [5, 5.41) is 10.8. The topological polar surface area (TPSA) is 84.9 Å². The predicted octanol–water partition coefficient (Wildman–Crippen LogP) is 7.88. The number of phenolic OH excluding ortho intramolecular Hbond substituents is 1. The number of halogens is 1. The van der Waals surface area contributed by atoms with E-state index in [-0.39, 0.29) is 17.5 Å². The number of phenols is 1. The molecular weight excluding hydrogens is 548 g/mol. The second kappa shape index (κ2) is 13.2. The van der Waals surface area contributed by atoms with Crippen molar-refractivity contribution < 1.29 is 14.6 Å². The minimum atomic E-state index is -0.134. The van der Waals surface area contributed by atoms with E-state index < -0.39 is 0 Å². The first-order valence-corrected chi connectivity index (χ1v) is 16.1. The van der Waals surface area contributed by atoms with E-state index in [2.05, 4.69) is 33.2 Å². The normalized spacial score (nSPS) is 30.9. The van der Waals surface area contributed by atoms with Crippen molar-refractivity contribution in [2.75, 3.05) is 5.75 Å². The van der Waals surface area contributed by atoms with Crippen LogP contribution in [0.25, 0.3) is 0 Å². The van der Waals surface area contributed by atoms with Crippen LogP contribution in [0.2, 0.25) is 0 Å². The third-order valence-electron chi connectivity index (χ3n) is 9.66. The molecule has 3 N–H and O–H groups in total. The Morgan fingerprint density at radius 2 is 1.89 bits per heavy atom. The monoisotopic (exact) mass is 592 g/mol. The molecule has 2 fully saturated rings. The number of rotatable bonds is 11. The summed E-state index contributed by atoms with van der Waals surface area (Å²) in [6, 6.07) is 6.10. The molecule has 5 nitrogen and oxygen atoms in total. The summed E-state index contributed by atoms with van der Waals surface area (Å²) in [6.07, 6.45) is 15.8. The van der Waals surface area contributed by atoms with E-state index in [0.717, 1.165) is 31.4 Å². The Morgan fingerprint density at radius 1 is 1.16 bits per heavy atom. The number of hydrogen-bond donors (Lipinski definition) is 2. The number of esters is 1. The molecule has 3 aliphatic rings. The number of carbonyl (C=O) groups excluding carboxylic acids is 1. The van der Waals surface area contributed by atoms with Crippen LogP contribution in [-0.2, 0) is 16.0 Å². The lowest BCUT2D eigenvalue weighted by atomic mass is 9.52. The largest absolute Gasteiger partial charge is 0.508 e. The number of nitrogens with two attached hydrogens (primary N) is 1. The Bertz CT molecular complexity index is 957. The minimum absolute atomic E-state index is 0.0689. The van der Waals surface area contributed by atoms with Crippen molar-refractivity contribution in [3.8, 4) is 5.75 Å². The van der Waals surface area contributed by atoms with Gasteiger partial charge in [-0.05, 0) is 91.9 Å². The Balaban J connectivity index is 1.33. The Labute approximate surface area is 236 Å². The van der Waals surface area contributed by atoms with Crippen LogP contribution in [0.5, 0.6) is 5.75 Å². The van der Waals surface area contributed by atoms with Gasteiger partial charge in [-0.1, -0.05) is 63.3 Å². The van der Waals surface area contributed by atoms with Crippen LogP contribution in [0.1, 0.15) is 108 Å². The van der Waals surface area contributed by atoms with Crippen molar-refractivity contribution in [1.29, 1.82) is 0 Å². The molecule has 1 aromatic rings. The molecule has 37 heavy (non-hydrogen) atoms. The summed E-state index contributed by atoms with van der Waals surface area (Å²) >= 11 is 4.65. The fraction of sp³-hybridized carbons (Fsp3) is 0.733. The highest BCUT2D eigenvalue weighted by Gasteiger charge is 2.57. The highest BCUT2D eigenvalue weighted by Crippen LogP contribution is 2.63. The van der Waals surface area contributed by atoms with Crippen LogP contribution in [-0.4, -0.2) is 28.1 Å². The molecule has 6 atom stereocenters. The van der Waals surface area contributed by atoms with E-state index >= 15 is 0 Å². The molecule has 7 heteroatoms. The molecule has 0 heterocycles. The van der Waals surface area contributed by atoms with Crippen LogP contribution >= 0.6 is 27.9 Å². The quantitative estimate of drug-likeness (QED) is 0.118. The molecule has 0 aliphatic heterocycles. The van der Waals surface area contributed by atoms with Crippen molar-refractivity contribution >= 4 is 39.0 Å². The van der Waals surface area contributed by atoms with Crippen LogP contribution in [0, 0.1) is 23.2 Å². The maximum Gasteiger partial charge on any atom is 0.302 e. The van der Waals surface area contributed by atoms with E-state index in [1.54, 1.807) is 18.7 Å². The lowest BCUT2D eigenvalue weighted by Gasteiger charge is -2.53. The van der Waals surface area contributed by atoms with Crippen molar-refractivity contribution in [3.63, 3.8) is 0 Å². The highest BCUT2D eigenvalue weighted by molar-refractivity contribution is 9.08. The standard InChI is InChI=1S/C30H45BrN2O3S/c1-20(34)36-27-14-13-26-28-21(10-8-6-4-3-5-7-9-17-37-29(32)33-31)18-22-19-23(35)11-12-24(22)25(28)15-16-30(26,27)2/h11-12,19,21,25-28,35H,3-10,13-18H2,1-2H3,(H2,32,33)/t21-,25?,26?,27+,28?,30+/m1/s1. The highest BCUT2D eigenvalue weighted by atomic mass is 79.9. The van der Waals surface area contributed by atoms with Gasteiger partial charge in [-0.15, -0.1) is 0 Å². The van der Waals surface area contributed by atoms with Crippen molar-refractivity contribution in [3.05, 3.63) is 29.3 Å². The number of amidine groups is 1. The van der Waals surface area contributed by atoms with Gasteiger partial charge in [0.15, 0.2) is 5.17 Å². The number of hydrogen-bond acceptors (Lipinski definition) is 5. The Hall–Kier alpha value is -1.21. The summed E-state index contributed by atoms with van der Waals surface area (Å²) in [6.45, 7) is 3.96. The lowest BCUT2D eigenvalue weighted by Crippen LogP contribution is -2.48. The molecule has 2 saturated carbocycles. The number of ether oxygens (including phenoxy) is 1. The third kappa shape index (κ3) is 6.87. The first kappa shape index (κ1) is 28.8. The predicted molar refractivity (Wildman–Crippen MR) is 157 cm³/mol. The molecule has 3 aliphatic carbocycles. The fourth-order valence-electron chi connectivity index (χ4n) is 8.00. The summed E-state index contributed by atoms with van der Waals surface area (Å²) < 4.78 is 9.68. The second-order valence-corrected chi connectivity index (χ2v) is 13.4. The average molecular weight is 594 g/mol. The van der Waals surface area contributed by atoms with E-state index in [1.807, 2.05) is 12.1 Å². The number of nitrogens with zero attached hydrogens (tertiary/aromatic N) is 1. The number of fused-ring (bicyclic) bond motifs is 5. The minimum Gasteiger partial charge on any atom is -0.508 e. The number of aromatic hydroxyl groups is 1. The maximum absolute atomic E-state index is 11.8. The fourth-order valence-corrected chi connectivity index (χ4v) is 8.91. The van der Waals surface area contributed by atoms with Crippen molar-refractivity contribution in [2.24, 2.45) is 32.9 Å². The van der Waals surface area contributed by atoms with Gasteiger partial charge in [0.1, 0.15) is 11.9 Å². The molecule has 3 unspecified atom stereocenters. The van der Waals surface area contributed by atoms with Crippen LogP contribution < -0.4 is 5.73 Å². The van der Waals surface area contributed by atoms with Crippen LogP contribution in [0.15, 0.2) is 22.2 Å². The maximum atomic E-state index is 11.8. The summed E-state index contributed by atoms with van der Waals surface area (Å²) in [7, 11) is 0. The molecule has 1 aromatic carbocycles. The molecule has 0 aromatic heterocycles. The van der Waals surface area contributed by atoms with E-state index in [4.69, 9.17) is 10.5 Å².